The van der Waals surface area contributed by atoms with E-state index in [2.05, 4.69) is 6.92 Å². The summed E-state index contributed by atoms with van der Waals surface area (Å²) in [5, 5.41) is 11.5. The Morgan fingerprint density at radius 2 is 1.19 bits per heavy atom. The van der Waals surface area contributed by atoms with Gasteiger partial charge in [0, 0.05) is 19.8 Å². The molecule has 0 aliphatic rings. The second-order valence-electron chi connectivity index (χ2n) is 7.45. The van der Waals surface area contributed by atoms with Crippen molar-refractivity contribution in [2.75, 3.05) is 26.4 Å². The minimum absolute atomic E-state index is 0.186. The van der Waals surface area contributed by atoms with Crippen LogP contribution < -0.4 is 4.74 Å². The fourth-order valence-electron chi connectivity index (χ4n) is 3.58. The van der Waals surface area contributed by atoms with Gasteiger partial charge in [-0.25, -0.2) is 0 Å². The van der Waals surface area contributed by atoms with E-state index in [1.165, 1.54) is 38.5 Å². The average Bonchev–Trinajstić information content (AvgIpc) is 2.75. The highest BCUT2D eigenvalue weighted by Crippen LogP contribution is 2.35. The minimum atomic E-state index is -2.26. The van der Waals surface area contributed by atoms with Crippen LogP contribution in [0.15, 0.2) is 24.3 Å². The molecule has 0 saturated carbocycles. The molecule has 0 radical (unpaired) electrons. The average molecular weight is 441 g/mol. The lowest BCUT2D eigenvalue weighted by molar-refractivity contribution is -0.535. The van der Waals surface area contributed by atoms with Gasteiger partial charge in [0.25, 0.3) is 0 Å². The van der Waals surface area contributed by atoms with E-state index < -0.39 is 11.9 Å². The number of unbranched alkanes of at least 4 members (excludes halogenated alkanes) is 6. The molecule has 0 aliphatic heterocycles. The van der Waals surface area contributed by atoms with E-state index in [-0.39, 0.29) is 26.4 Å². The van der Waals surface area contributed by atoms with Crippen LogP contribution in [0.5, 0.6) is 5.75 Å². The van der Waals surface area contributed by atoms with Gasteiger partial charge in [-0.1, -0.05) is 63.6 Å². The zero-order chi connectivity index (χ0) is 23.0. The van der Waals surface area contributed by atoms with Crippen molar-refractivity contribution < 1.29 is 28.8 Å². The highest BCUT2D eigenvalue weighted by Gasteiger charge is 2.60. The molecule has 0 saturated heterocycles. The van der Waals surface area contributed by atoms with Crippen molar-refractivity contribution in [2.45, 2.75) is 97.9 Å². The van der Waals surface area contributed by atoms with Crippen molar-refractivity contribution >= 4 is 0 Å². The molecule has 1 aromatic carbocycles. The van der Waals surface area contributed by atoms with Gasteiger partial charge in [-0.2, -0.15) is 0 Å². The predicted molar refractivity (Wildman–Crippen MR) is 123 cm³/mol. The van der Waals surface area contributed by atoms with Crippen molar-refractivity contribution in [1.29, 1.82) is 0 Å². The zero-order valence-corrected chi connectivity index (χ0v) is 20.3. The standard InChI is InChI=1S/C25H44O6/c1-6-11-12-13-14-15-16-19-22-20-17-18-21-23(22)31-24(26,27-7-2)25(28-8-3,29-9-4)30-10-5/h17-18,20-21,26H,6-16,19H2,1-5H3. The summed E-state index contributed by atoms with van der Waals surface area (Å²) in [5.41, 5.74) is 1.01. The molecule has 1 N–H and O–H groups in total. The van der Waals surface area contributed by atoms with Crippen LogP contribution in [0.2, 0.25) is 0 Å². The third kappa shape index (κ3) is 8.70. The van der Waals surface area contributed by atoms with Crippen molar-refractivity contribution in [3.63, 3.8) is 0 Å². The Labute approximate surface area is 189 Å². The number of aryl methyl sites for hydroxylation is 1. The van der Waals surface area contributed by atoms with Gasteiger partial charge in [0.05, 0.1) is 6.61 Å². The van der Waals surface area contributed by atoms with Crippen LogP contribution in [0.3, 0.4) is 0 Å². The maximum absolute atomic E-state index is 11.5. The van der Waals surface area contributed by atoms with Gasteiger partial charge >= 0.3 is 11.9 Å². The second-order valence-corrected chi connectivity index (χ2v) is 7.45. The molecule has 180 valence electrons. The first-order valence-electron chi connectivity index (χ1n) is 12.1. The van der Waals surface area contributed by atoms with E-state index in [4.69, 9.17) is 23.7 Å². The summed E-state index contributed by atoms with van der Waals surface area (Å²) < 4.78 is 28.9. The van der Waals surface area contributed by atoms with Crippen molar-refractivity contribution in [2.24, 2.45) is 0 Å². The van der Waals surface area contributed by atoms with Gasteiger partial charge in [-0.15, -0.1) is 0 Å². The molecule has 0 spiro atoms. The monoisotopic (exact) mass is 440 g/mol. The van der Waals surface area contributed by atoms with E-state index in [9.17, 15) is 5.11 Å². The Bertz CT molecular complexity index is 562. The molecule has 0 amide bonds. The van der Waals surface area contributed by atoms with E-state index in [1.807, 2.05) is 24.3 Å². The first-order chi connectivity index (χ1) is 15.0. The molecule has 31 heavy (non-hydrogen) atoms. The first kappa shape index (κ1) is 27.9. The summed E-state index contributed by atoms with van der Waals surface area (Å²) in [6.07, 6.45) is 9.52. The molecule has 0 fully saturated rings. The van der Waals surface area contributed by atoms with Crippen LogP contribution >= 0.6 is 0 Å². The number of hydrogen-bond acceptors (Lipinski definition) is 6. The zero-order valence-electron chi connectivity index (χ0n) is 20.3. The van der Waals surface area contributed by atoms with Crippen LogP contribution in [-0.2, 0) is 25.4 Å². The predicted octanol–water partition coefficient (Wildman–Crippen LogP) is 5.80. The fourth-order valence-corrected chi connectivity index (χ4v) is 3.58. The Balaban J connectivity index is 2.98. The number of ether oxygens (including phenoxy) is 5. The fraction of sp³-hybridized carbons (Fsp3) is 0.760. The maximum Gasteiger partial charge on any atom is 0.412 e. The molecular formula is C25H44O6. The number of benzene rings is 1. The van der Waals surface area contributed by atoms with Crippen LogP contribution in [0, 0.1) is 0 Å². The molecule has 6 nitrogen and oxygen atoms in total. The number of hydrogen-bond donors (Lipinski definition) is 1. The van der Waals surface area contributed by atoms with Crippen molar-refractivity contribution in [3.8, 4) is 5.75 Å². The summed E-state index contributed by atoms with van der Waals surface area (Å²) in [4.78, 5) is 0. The lowest BCUT2D eigenvalue weighted by Crippen LogP contribution is -2.64. The molecule has 0 aromatic heterocycles. The highest BCUT2D eigenvalue weighted by molar-refractivity contribution is 5.33. The van der Waals surface area contributed by atoms with Gasteiger partial charge < -0.3 is 28.8 Å². The summed E-state index contributed by atoms with van der Waals surface area (Å²) in [6.45, 7) is 10.3. The summed E-state index contributed by atoms with van der Waals surface area (Å²) in [6, 6.07) is 7.70. The van der Waals surface area contributed by atoms with Gasteiger partial charge in [0.1, 0.15) is 5.75 Å². The minimum Gasteiger partial charge on any atom is -0.433 e. The Hall–Kier alpha value is -1.18. The molecule has 0 bridgehead atoms. The number of aliphatic hydroxyl groups is 1. The molecule has 1 atom stereocenters. The second kappa shape index (κ2) is 15.6. The lowest BCUT2D eigenvalue weighted by Gasteiger charge is -2.42. The summed E-state index contributed by atoms with van der Waals surface area (Å²) in [7, 11) is 0. The van der Waals surface area contributed by atoms with E-state index in [0.717, 1.165) is 18.4 Å². The molecule has 6 heteroatoms. The van der Waals surface area contributed by atoms with Crippen LogP contribution in [0.1, 0.15) is 85.1 Å². The number of rotatable bonds is 19. The summed E-state index contributed by atoms with van der Waals surface area (Å²) in [5.74, 6) is -3.62. The highest BCUT2D eigenvalue weighted by atomic mass is 17.0. The quantitative estimate of drug-likeness (QED) is 0.216. The van der Waals surface area contributed by atoms with E-state index >= 15 is 0 Å². The van der Waals surface area contributed by atoms with Crippen molar-refractivity contribution in [3.05, 3.63) is 29.8 Å². The maximum atomic E-state index is 11.5. The first-order valence-corrected chi connectivity index (χ1v) is 12.1. The molecule has 1 rings (SSSR count). The third-order valence-corrected chi connectivity index (χ3v) is 5.00. The molecule has 1 unspecified atom stereocenters. The van der Waals surface area contributed by atoms with Gasteiger partial charge in [-0.3, -0.25) is 0 Å². The Morgan fingerprint density at radius 3 is 1.74 bits per heavy atom. The van der Waals surface area contributed by atoms with Gasteiger partial charge in [-0.05, 0) is 52.2 Å². The molecular weight excluding hydrogens is 396 g/mol. The Morgan fingerprint density at radius 1 is 0.677 bits per heavy atom. The summed E-state index contributed by atoms with van der Waals surface area (Å²) >= 11 is 0. The van der Waals surface area contributed by atoms with Crippen LogP contribution in [-0.4, -0.2) is 43.5 Å². The lowest BCUT2D eigenvalue weighted by atomic mass is 10.0. The van der Waals surface area contributed by atoms with Crippen molar-refractivity contribution in [1.82, 2.24) is 0 Å². The van der Waals surface area contributed by atoms with E-state index in [0.29, 0.717) is 5.75 Å². The smallest absolute Gasteiger partial charge is 0.412 e. The van der Waals surface area contributed by atoms with Crippen LogP contribution in [0.4, 0.5) is 0 Å². The Kier molecular flexibility index (Phi) is 14.0. The topological polar surface area (TPSA) is 66.4 Å². The normalized spacial score (nSPS) is 13.9. The largest absolute Gasteiger partial charge is 0.433 e. The van der Waals surface area contributed by atoms with E-state index in [1.54, 1.807) is 27.7 Å². The molecule has 0 heterocycles. The number of para-hydroxylation sites is 1. The molecule has 0 aliphatic carbocycles. The van der Waals surface area contributed by atoms with Gasteiger partial charge in [0.15, 0.2) is 0 Å². The van der Waals surface area contributed by atoms with Gasteiger partial charge in [0.2, 0.25) is 0 Å². The third-order valence-electron chi connectivity index (χ3n) is 5.00. The molecule has 1 aromatic rings. The SMILES string of the molecule is CCCCCCCCCc1ccccc1OC(O)(OCC)C(OCC)(OCC)OCC. The van der Waals surface area contributed by atoms with Crippen LogP contribution in [0.25, 0.3) is 0 Å².